The molecule has 9 heteroatoms. The average molecular weight is 466 g/mol. The van der Waals surface area contributed by atoms with Gasteiger partial charge in [-0.05, 0) is 61.6 Å². The first-order valence-electron chi connectivity index (χ1n) is 10.5. The van der Waals surface area contributed by atoms with Gasteiger partial charge in [-0.15, -0.1) is 0 Å². The number of carbonyl (C=O) groups excluding carboxylic acids is 1. The van der Waals surface area contributed by atoms with Gasteiger partial charge in [0.25, 0.3) is 0 Å². The lowest BCUT2D eigenvalue weighted by atomic mass is 10.0. The topological polar surface area (TPSA) is 80.7 Å². The van der Waals surface area contributed by atoms with Crippen molar-refractivity contribution in [2.24, 2.45) is 7.05 Å². The number of hydrogen-bond donors (Lipinski definition) is 2. The molecule has 1 aromatic carbocycles. The molecule has 4 rings (SSSR count). The monoisotopic (exact) mass is 465 g/mol. The van der Waals surface area contributed by atoms with E-state index < -0.39 is 0 Å². The van der Waals surface area contributed by atoms with Crippen LogP contribution in [-0.2, 0) is 16.6 Å². The predicted molar refractivity (Wildman–Crippen MR) is 132 cm³/mol. The Bertz CT molecular complexity index is 1160. The Labute approximate surface area is 198 Å². The zero-order valence-corrected chi connectivity index (χ0v) is 19.8. The number of anilines is 2. The zero-order valence-electron chi connectivity index (χ0n) is 19.0. The Morgan fingerprint density at radius 2 is 2.03 bits per heavy atom. The van der Waals surface area contributed by atoms with E-state index in [2.05, 4.69) is 44.1 Å². The number of benzene rings is 1. The lowest BCUT2D eigenvalue weighted by Gasteiger charge is -2.29. The van der Waals surface area contributed by atoms with Gasteiger partial charge in [-0.3, -0.25) is 9.78 Å². The van der Waals surface area contributed by atoms with Crippen LogP contribution in [0, 0.1) is 6.92 Å². The number of thiocarbonyl (C=S) groups is 1. The quantitative estimate of drug-likeness (QED) is 0.517. The van der Waals surface area contributed by atoms with E-state index in [1.54, 1.807) is 13.3 Å². The van der Waals surface area contributed by atoms with Crippen LogP contribution in [0.4, 0.5) is 11.4 Å². The summed E-state index contributed by atoms with van der Waals surface area (Å²) in [6.45, 7) is 2.02. The number of aromatic nitrogens is 2. The number of hydrogen-bond acceptors (Lipinski definition) is 5. The summed E-state index contributed by atoms with van der Waals surface area (Å²) in [6.07, 6.45) is 1.78. The molecule has 1 aliphatic rings. The second-order valence-corrected chi connectivity index (χ2v) is 8.21. The first-order chi connectivity index (χ1) is 15.9. The summed E-state index contributed by atoms with van der Waals surface area (Å²) in [4.78, 5) is 18.8. The molecule has 3 heterocycles. The highest BCUT2D eigenvalue weighted by molar-refractivity contribution is 7.80. The van der Waals surface area contributed by atoms with Crippen LogP contribution in [0.2, 0.25) is 0 Å². The molecule has 1 amide bonds. The lowest BCUT2D eigenvalue weighted by molar-refractivity contribution is -0.119. The van der Waals surface area contributed by atoms with Gasteiger partial charge in [0.1, 0.15) is 18.4 Å². The Balaban J connectivity index is 1.80. The summed E-state index contributed by atoms with van der Waals surface area (Å²) < 4.78 is 12.6. The van der Waals surface area contributed by atoms with Gasteiger partial charge < -0.3 is 29.6 Å². The minimum absolute atomic E-state index is 0.0515. The Morgan fingerprint density at radius 1 is 1.21 bits per heavy atom. The van der Waals surface area contributed by atoms with E-state index in [1.165, 1.54) is 7.11 Å². The van der Waals surface area contributed by atoms with Crippen molar-refractivity contribution in [1.82, 2.24) is 14.9 Å². The van der Waals surface area contributed by atoms with Gasteiger partial charge in [0.05, 0.1) is 24.5 Å². The molecule has 0 radical (unpaired) electrons. The standard InChI is InChI=1S/C24H27N5O3S/c1-15-8-10-19(28(15)2)23-22(17-7-5-6-12-25-17)27-24(33)29(23)16-9-11-20(32-4)18(13-16)26-21(30)14-31-3/h5-13,22-23H,14H2,1-4H3,(H,26,30)(H,27,33)/t22-,23+/m1/s1. The van der Waals surface area contributed by atoms with Gasteiger partial charge in [-0.25, -0.2) is 0 Å². The predicted octanol–water partition coefficient (Wildman–Crippen LogP) is 3.50. The molecule has 0 spiro atoms. The zero-order chi connectivity index (χ0) is 23.5. The summed E-state index contributed by atoms with van der Waals surface area (Å²) in [6, 6.07) is 15.4. The van der Waals surface area contributed by atoms with Gasteiger partial charge in [-0.2, -0.15) is 0 Å². The molecule has 1 aliphatic heterocycles. The molecule has 0 unspecified atom stereocenters. The molecule has 33 heavy (non-hydrogen) atoms. The van der Waals surface area contributed by atoms with Crippen LogP contribution in [-0.4, -0.2) is 41.4 Å². The van der Waals surface area contributed by atoms with Crippen LogP contribution >= 0.6 is 12.2 Å². The molecule has 2 N–H and O–H groups in total. The summed E-state index contributed by atoms with van der Waals surface area (Å²) in [5, 5.41) is 6.89. The molecule has 0 aliphatic carbocycles. The molecule has 172 valence electrons. The van der Waals surface area contributed by atoms with Crippen molar-refractivity contribution in [1.29, 1.82) is 0 Å². The van der Waals surface area contributed by atoms with Crippen LogP contribution in [0.15, 0.2) is 54.7 Å². The molecule has 0 saturated carbocycles. The Hall–Kier alpha value is -3.43. The number of carbonyl (C=O) groups is 1. The van der Waals surface area contributed by atoms with E-state index in [0.29, 0.717) is 16.5 Å². The number of nitrogens with one attached hydrogen (secondary N) is 2. The van der Waals surface area contributed by atoms with Gasteiger partial charge in [0.2, 0.25) is 5.91 Å². The third kappa shape index (κ3) is 4.42. The molecule has 0 bridgehead atoms. The molecule has 2 atom stereocenters. The maximum atomic E-state index is 12.2. The van der Waals surface area contributed by atoms with Crippen molar-refractivity contribution in [3.05, 3.63) is 71.8 Å². The van der Waals surface area contributed by atoms with Crippen molar-refractivity contribution in [2.75, 3.05) is 31.0 Å². The van der Waals surface area contributed by atoms with Crippen molar-refractivity contribution in [3.63, 3.8) is 0 Å². The normalized spacial score (nSPS) is 17.7. The Morgan fingerprint density at radius 3 is 2.67 bits per heavy atom. The summed E-state index contributed by atoms with van der Waals surface area (Å²) >= 11 is 5.80. The first-order valence-corrected chi connectivity index (χ1v) is 10.9. The Kier molecular flexibility index (Phi) is 6.62. The highest BCUT2D eigenvalue weighted by Crippen LogP contribution is 2.43. The lowest BCUT2D eigenvalue weighted by Crippen LogP contribution is -2.30. The van der Waals surface area contributed by atoms with Gasteiger partial charge in [-0.1, -0.05) is 6.07 Å². The second kappa shape index (κ2) is 9.60. The third-order valence-electron chi connectivity index (χ3n) is 5.82. The second-order valence-electron chi connectivity index (χ2n) is 7.82. The van der Waals surface area contributed by atoms with Crippen LogP contribution in [0.25, 0.3) is 0 Å². The summed E-state index contributed by atoms with van der Waals surface area (Å²) in [5.41, 5.74) is 4.50. The van der Waals surface area contributed by atoms with E-state index in [0.717, 1.165) is 22.8 Å². The minimum Gasteiger partial charge on any atom is -0.495 e. The maximum absolute atomic E-state index is 12.2. The molecule has 1 saturated heterocycles. The first kappa shape index (κ1) is 22.8. The van der Waals surface area contributed by atoms with Crippen LogP contribution in [0.5, 0.6) is 5.75 Å². The highest BCUT2D eigenvalue weighted by atomic mass is 32.1. The summed E-state index contributed by atoms with van der Waals surface area (Å²) in [5.74, 6) is 0.282. The fourth-order valence-corrected chi connectivity index (χ4v) is 4.47. The van der Waals surface area contributed by atoms with Crippen molar-refractivity contribution >= 4 is 34.6 Å². The molecule has 2 aromatic heterocycles. The number of nitrogens with zero attached hydrogens (tertiary/aromatic N) is 3. The minimum atomic E-state index is -0.268. The molecule has 3 aromatic rings. The summed E-state index contributed by atoms with van der Waals surface area (Å²) in [7, 11) is 5.09. The van der Waals surface area contributed by atoms with Crippen LogP contribution < -0.4 is 20.3 Å². The molecule has 8 nitrogen and oxygen atoms in total. The number of pyridine rings is 1. The van der Waals surface area contributed by atoms with E-state index in [4.69, 9.17) is 21.7 Å². The molecular weight excluding hydrogens is 438 g/mol. The fraction of sp³-hybridized carbons (Fsp3) is 0.292. The van der Waals surface area contributed by atoms with Gasteiger partial charge in [0.15, 0.2) is 5.11 Å². The van der Waals surface area contributed by atoms with Crippen LogP contribution in [0.3, 0.4) is 0 Å². The van der Waals surface area contributed by atoms with Crippen LogP contribution in [0.1, 0.15) is 29.2 Å². The third-order valence-corrected chi connectivity index (χ3v) is 6.14. The maximum Gasteiger partial charge on any atom is 0.250 e. The molecular formula is C24H27N5O3S. The number of rotatable bonds is 7. The number of amides is 1. The van der Waals surface area contributed by atoms with E-state index in [-0.39, 0.29) is 24.6 Å². The van der Waals surface area contributed by atoms with Crippen molar-refractivity contribution in [2.45, 2.75) is 19.0 Å². The number of methoxy groups -OCH3 is 2. The van der Waals surface area contributed by atoms with Crippen molar-refractivity contribution < 1.29 is 14.3 Å². The molecule has 1 fully saturated rings. The van der Waals surface area contributed by atoms with E-state index in [1.807, 2.05) is 43.4 Å². The van der Waals surface area contributed by atoms with Crippen molar-refractivity contribution in [3.8, 4) is 5.75 Å². The number of aryl methyl sites for hydroxylation is 1. The SMILES string of the molecule is COCC(=O)Nc1cc(N2C(=S)N[C@H](c3ccccn3)[C@@H]2c2ccc(C)n2C)ccc1OC. The van der Waals surface area contributed by atoms with Gasteiger partial charge >= 0.3 is 0 Å². The van der Waals surface area contributed by atoms with E-state index >= 15 is 0 Å². The highest BCUT2D eigenvalue weighted by Gasteiger charge is 2.42. The smallest absolute Gasteiger partial charge is 0.250 e. The van der Waals surface area contributed by atoms with Gasteiger partial charge in [0, 0.05) is 37.4 Å². The van der Waals surface area contributed by atoms with E-state index in [9.17, 15) is 4.79 Å². The fourth-order valence-electron chi connectivity index (χ4n) is 4.12. The largest absolute Gasteiger partial charge is 0.495 e. The number of ether oxygens (including phenoxy) is 2. The average Bonchev–Trinajstić information content (AvgIpc) is 3.33.